The van der Waals surface area contributed by atoms with Crippen LogP contribution < -0.4 is 9.47 Å². The molecule has 0 bridgehead atoms. The van der Waals surface area contributed by atoms with Gasteiger partial charge in [-0.25, -0.2) is 4.79 Å². The largest absolute Gasteiger partial charge is 0.493 e. The monoisotopic (exact) mass is 470 g/mol. The van der Waals surface area contributed by atoms with E-state index in [0.717, 1.165) is 10.4 Å². The van der Waals surface area contributed by atoms with E-state index in [1.165, 1.54) is 18.4 Å². The molecule has 0 aliphatic heterocycles. The number of hydrogen-bond acceptors (Lipinski definition) is 8. The number of thiophene rings is 1. The van der Waals surface area contributed by atoms with Gasteiger partial charge in [0, 0.05) is 5.02 Å². The molecule has 2 aromatic carbocycles. The highest BCUT2D eigenvalue weighted by Crippen LogP contribution is 2.30. The average Bonchev–Trinajstić information content (AvgIpc) is 3.50. The molecule has 0 aliphatic rings. The van der Waals surface area contributed by atoms with Crippen molar-refractivity contribution in [3.8, 4) is 22.3 Å². The van der Waals surface area contributed by atoms with Crippen LogP contribution in [0.25, 0.3) is 10.8 Å². The number of hydrogen-bond donors (Lipinski definition) is 0. The molecular weight excluding hydrogens is 452 g/mol. The fourth-order valence-electron chi connectivity index (χ4n) is 2.83. The number of nitrogens with zero attached hydrogens (tertiary/aromatic N) is 2. The molecule has 4 rings (SSSR count). The van der Waals surface area contributed by atoms with Gasteiger partial charge in [0.2, 0.25) is 0 Å². The first kappa shape index (κ1) is 21.9. The molecule has 7 nitrogen and oxygen atoms in total. The Morgan fingerprint density at radius 3 is 2.66 bits per heavy atom. The highest BCUT2D eigenvalue weighted by atomic mass is 35.5. The lowest BCUT2D eigenvalue weighted by atomic mass is 10.2. The molecule has 0 radical (unpaired) electrons. The summed E-state index contributed by atoms with van der Waals surface area (Å²) in [4.78, 5) is 13.5. The number of methoxy groups -OCH3 is 1. The Kier molecular flexibility index (Phi) is 6.72. The third-order valence-electron chi connectivity index (χ3n) is 4.51. The van der Waals surface area contributed by atoms with E-state index in [2.05, 4.69) is 10.2 Å². The molecule has 2 aromatic heterocycles. The molecular formula is C23H19ClN2O5S. The van der Waals surface area contributed by atoms with Crippen molar-refractivity contribution in [3.63, 3.8) is 0 Å². The SMILES string of the molecule is COc1cc(C(=O)OC(C)c2nnc(-c3cccs3)o2)ccc1OCc1ccc(Cl)cc1. The van der Waals surface area contributed by atoms with Gasteiger partial charge in [0.15, 0.2) is 17.6 Å². The summed E-state index contributed by atoms with van der Waals surface area (Å²) in [6.07, 6.45) is -0.712. The van der Waals surface area contributed by atoms with Crippen LogP contribution >= 0.6 is 22.9 Å². The molecule has 0 N–H and O–H groups in total. The second-order valence-electron chi connectivity index (χ2n) is 6.75. The predicted octanol–water partition coefficient (Wildman–Crippen LogP) is 5.96. The van der Waals surface area contributed by atoms with Gasteiger partial charge in [-0.15, -0.1) is 21.5 Å². The van der Waals surface area contributed by atoms with Gasteiger partial charge < -0.3 is 18.6 Å². The summed E-state index contributed by atoms with van der Waals surface area (Å²) in [5, 5.41) is 10.6. The fraction of sp³-hybridized carbons (Fsp3) is 0.174. The molecule has 0 saturated heterocycles. The Balaban J connectivity index is 1.41. The zero-order valence-corrected chi connectivity index (χ0v) is 18.9. The van der Waals surface area contributed by atoms with Gasteiger partial charge in [-0.2, -0.15) is 0 Å². The van der Waals surface area contributed by atoms with Gasteiger partial charge in [-0.1, -0.05) is 29.8 Å². The second kappa shape index (κ2) is 9.84. The van der Waals surface area contributed by atoms with Crippen LogP contribution in [0.2, 0.25) is 5.02 Å². The van der Waals surface area contributed by atoms with Crippen molar-refractivity contribution >= 4 is 28.9 Å². The molecule has 1 unspecified atom stereocenters. The van der Waals surface area contributed by atoms with Crippen molar-refractivity contribution in [1.29, 1.82) is 0 Å². The minimum Gasteiger partial charge on any atom is -0.493 e. The summed E-state index contributed by atoms with van der Waals surface area (Å²) < 4.78 is 22.3. The van der Waals surface area contributed by atoms with Crippen molar-refractivity contribution in [2.75, 3.05) is 7.11 Å². The molecule has 0 fully saturated rings. The lowest BCUT2D eigenvalue weighted by Gasteiger charge is -2.13. The van der Waals surface area contributed by atoms with Gasteiger partial charge >= 0.3 is 5.97 Å². The number of carbonyl (C=O) groups is 1. The molecule has 1 atom stereocenters. The van der Waals surface area contributed by atoms with E-state index in [4.69, 9.17) is 30.2 Å². The smallest absolute Gasteiger partial charge is 0.339 e. The summed E-state index contributed by atoms with van der Waals surface area (Å²) in [5.74, 6) is 0.984. The van der Waals surface area contributed by atoms with E-state index >= 15 is 0 Å². The number of halogens is 1. The van der Waals surface area contributed by atoms with E-state index in [9.17, 15) is 4.79 Å². The average molecular weight is 471 g/mol. The number of rotatable bonds is 8. The van der Waals surface area contributed by atoms with Crippen LogP contribution in [-0.4, -0.2) is 23.3 Å². The minimum atomic E-state index is -0.712. The van der Waals surface area contributed by atoms with Crippen molar-refractivity contribution in [1.82, 2.24) is 10.2 Å². The third-order valence-corrected chi connectivity index (χ3v) is 5.62. The molecule has 4 aromatic rings. The number of esters is 1. The molecule has 32 heavy (non-hydrogen) atoms. The van der Waals surface area contributed by atoms with Crippen LogP contribution in [0, 0.1) is 0 Å². The molecule has 2 heterocycles. The highest BCUT2D eigenvalue weighted by Gasteiger charge is 2.21. The van der Waals surface area contributed by atoms with E-state index < -0.39 is 12.1 Å². The molecule has 164 valence electrons. The molecule has 9 heteroatoms. The number of aromatic nitrogens is 2. The zero-order valence-electron chi connectivity index (χ0n) is 17.3. The summed E-state index contributed by atoms with van der Waals surface area (Å²) in [6.45, 7) is 2.00. The molecule has 0 amide bonds. The van der Waals surface area contributed by atoms with Gasteiger partial charge in [-0.05, 0) is 54.3 Å². The predicted molar refractivity (Wildman–Crippen MR) is 120 cm³/mol. The van der Waals surface area contributed by atoms with Crippen LogP contribution in [0.4, 0.5) is 0 Å². The van der Waals surface area contributed by atoms with Crippen LogP contribution in [0.3, 0.4) is 0 Å². The van der Waals surface area contributed by atoms with Crippen molar-refractivity contribution in [3.05, 3.63) is 82.0 Å². The third kappa shape index (κ3) is 5.09. The van der Waals surface area contributed by atoms with Gasteiger partial charge in [0.1, 0.15) is 6.61 Å². The van der Waals surface area contributed by atoms with Gasteiger partial charge in [0.05, 0.1) is 17.6 Å². The summed E-state index contributed by atoms with van der Waals surface area (Å²) in [7, 11) is 1.51. The summed E-state index contributed by atoms with van der Waals surface area (Å²) >= 11 is 7.39. The maximum Gasteiger partial charge on any atom is 0.339 e. The Hall–Kier alpha value is -3.36. The Bertz CT molecular complexity index is 1190. The van der Waals surface area contributed by atoms with E-state index in [0.29, 0.717) is 34.6 Å². The zero-order chi connectivity index (χ0) is 22.5. The molecule has 0 saturated carbocycles. The van der Waals surface area contributed by atoms with Crippen LogP contribution in [-0.2, 0) is 11.3 Å². The quantitative estimate of drug-likeness (QED) is 0.294. The highest BCUT2D eigenvalue weighted by molar-refractivity contribution is 7.13. The first-order valence-electron chi connectivity index (χ1n) is 9.67. The Labute approximate surface area is 193 Å². The topological polar surface area (TPSA) is 83.7 Å². The number of carbonyl (C=O) groups excluding carboxylic acids is 1. The molecule has 0 aliphatic carbocycles. The first-order valence-corrected chi connectivity index (χ1v) is 10.9. The van der Waals surface area contributed by atoms with Crippen molar-refractivity contribution in [2.24, 2.45) is 0 Å². The number of benzene rings is 2. The summed E-state index contributed by atoms with van der Waals surface area (Å²) in [5.41, 5.74) is 1.26. The summed E-state index contributed by atoms with van der Waals surface area (Å²) in [6, 6.07) is 16.0. The van der Waals surface area contributed by atoms with Gasteiger partial charge in [-0.3, -0.25) is 0 Å². The van der Waals surface area contributed by atoms with E-state index in [-0.39, 0.29) is 5.89 Å². The van der Waals surface area contributed by atoms with Gasteiger partial charge in [0.25, 0.3) is 11.8 Å². The maximum absolute atomic E-state index is 12.6. The minimum absolute atomic E-state index is 0.219. The fourth-order valence-corrected chi connectivity index (χ4v) is 3.60. The van der Waals surface area contributed by atoms with Crippen molar-refractivity contribution in [2.45, 2.75) is 19.6 Å². The Morgan fingerprint density at radius 1 is 1.12 bits per heavy atom. The standard InChI is InChI=1S/C23H19ClN2O5S/c1-14(21-25-26-22(31-21)20-4-3-11-32-20)30-23(27)16-7-10-18(19(12-16)28-2)29-13-15-5-8-17(24)9-6-15/h3-12,14H,13H2,1-2H3. The van der Waals surface area contributed by atoms with Crippen LogP contribution in [0.15, 0.2) is 64.4 Å². The van der Waals surface area contributed by atoms with E-state index in [1.54, 1.807) is 37.3 Å². The lowest BCUT2D eigenvalue weighted by molar-refractivity contribution is 0.0279. The molecule has 0 spiro atoms. The van der Waals surface area contributed by atoms with Crippen molar-refractivity contribution < 1.29 is 23.4 Å². The number of ether oxygens (including phenoxy) is 3. The normalized spacial score (nSPS) is 11.7. The van der Waals surface area contributed by atoms with Crippen LogP contribution in [0.1, 0.15) is 34.8 Å². The lowest BCUT2D eigenvalue weighted by Crippen LogP contribution is -2.10. The Morgan fingerprint density at radius 2 is 1.94 bits per heavy atom. The second-order valence-corrected chi connectivity index (χ2v) is 8.14. The first-order chi connectivity index (χ1) is 15.5. The van der Waals surface area contributed by atoms with E-state index in [1.807, 2.05) is 29.6 Å². The van der Waals surface area contributed by atoms with Crippen LogP contribution in [0.5, 0.6) is 11.5 Å². The maximum atomic E-state index is 12.6.